The molecule has 0 aromatic heterocycles. The molecule has 72 heavy (non-hydrogen) atoms. The number of aryl methyl sites for hydroxylation is 2. The summed E-state index contributed by atoms with van der Waals surface area (Å²) in [7, 11) is 0. The minimum absolute atomic E-state index is 0.0211. The number of benzene rings is 8. The van der Waals surface area contributed by atoms with Crippen molar-refractivity contribution in [3.8, 4) is 34.5 Å². The number of rotatable bonds is 4. The third-order valence-corrected chi connectivity index (χ3v) is 16.9. The van der Waals surface area contributed by atoms with Gasteiger partial charge in [-0.05, 0) is 90.0 Å². The maximum absolute atomic E-state index is 14.4. The molecule has 0 saturated heterocycles. The van der Waals surface area contributed by atoms with Crippen LogP contribution in [0.4, 0.5) is 0 Å². The standard InChI is InChI=1S/C30H16O8.C26H34O8/c1-7-3-9(31)19-23-15(7)16-8(2)4-10(32)20-24(16)28-26-18(12(34)6-14(36)22(26)30(20)38)17-11(33)5-13(35)21(29(19)37)25(17)27(23)28;1-12-10-25-13(2)8-19-20(24(19,6)7)18(21(25)30)9-17(11-32-14(3)27)23(34-16(5)29)26(25,31)22(12)33-15(4)28/h3-6,31-36H,1-2H3;9-10,13,18-20,22-23,31H,8,11H2,1-7H3/t;13-,18+,19-,20+,22+,23-,25+,26-/m.1/s1. The van der Waals surface area contributed by atoms with Crippen LogP contribution in [-0.2, 0) is 33.4 Å². The number of hydrogen-bond donors (Lipinski definition) is 7. The number of ketones is 1. The Morgan fingerprint density at radius 1 is 0.583 bits per heavy atom. The lowest BCUT2D eigenvalue weighted by atomic mass is 9.59. The number of aliphatic hydroxyl groups is 1. The number of fused-ring (bicyclic) bond motifs is 5. The molecule has 2 fully saturated rings. The van der Waals surface area contributed by atoms with Crippen LogP contribution in [0.3, 0.4) is 0 Å². The molecule has 2 saturated carbocycles. The molecular weight excluding hydrogens is 929 g/mol. The predicted molar refractivity (Wildman–Crippen MR) is 266 cm³/mol. The zero-order valence-corrected chi connectivity index (χ0v) is 40.6. The minimum atomic E-state index is -2.09. The Morgan fingerprint density at radius 2 is 0.986 bits per heavy atom. The van der Waals surface area contributed by atoms with Crippen LogP contribution in [0.2, 0.25) is 0 Å². The van der Waals surface area contributed by atoms with Crippen molar-refractivity contribution >= 4 is 99.1 Å². The zero-order valence-electron chi connectivity index (χ0n) is 40.6. The molecule has 0 radical (unpaired) electrons. The van der Waals surface area contributed by atoms with E-state index in [1.807, 2.05) is 6.92 Å². The Labute approximate surface area is 408 Å². The van der Waals surface area contributed by atoms with Gasteiger partial charge in [-0.1, -0.05) is 32.9 Å². The van der Waals surface area contributed by atoms with Gasteiger partial charge in [-0.15, -0.1) is 0 Å². The molecule has 8 atom stereocenters. The molecular formula is C56H50O16. The van der Waals surface area contributed by atoms with E-state index in [9.17, 15) is 64.5 Å². The van der Waals surface area contributed by atoms with Gasteiger partial charge in [-0.2, -0.15) is 0 Å². The van der Waals surface area contributed by atoms with Crippen LogP contribution in [0, 0.1) is 48.3 Å². The van der Waals surface area contributed by atoms with Crippen LogP contribution in [-0.4, -0.2) is 83.9 Å². The third kappa shape index (κ3) is 5.55. The molecule has 16 nitrogen and oxygen atoms in total. The van der Waals surface area contributed by atoms with Gasteiger partial charge in [-0.25, -0.2) is 0 Å². The molecule has 7 N–H and O–H groups in total. The Kier molecular flexibility index (Phi) is 9.52. The van der Waals surface area contributed by atoms with Crippen molar-refractivity contribution in [1.82, 2.24) is 0 Å². The third-order valence-electron chi connectivity index (χ3n) is 16.9. The first kappa shape index (κ1) is 46.7. The second-order valence-electron chi connectivity index (χ2n) is 21.2. The average Bonchev–Trinajstić information content (AvgIpc) is 3.77. The highest BCUT2D eigenvalue weighted by molar-refractivity contribution is 6.51. The van der Waals surface area contributed by atoms with Gasteiger partial charge in [0.1, 0.15) is 41.1 Å². The Bertz CT molecular complexity index is 3660. The summed E-state index contributed by atoms with van der Waals surface area (Å²) < 4.78 is 16.6. The van der Waals surface area contributed by atoms with E-state index in [2.05, 4.69) is 13.8 Å². The molecule has 0 unspecified atom stereocenters. The van der Waals surface area contributed by atoms with E-state index < -0.39 is 80.9 Å². The van der Waals surface area contributed by atoms with Crippen LogP contribution >= 0.6 is 0 Å². The molecule has 0 heterocycles. The monoisotopic (exact) mass is 978 g/mol. The number of hydrogen-bond acceptors (Lipinski definition) is 16. The van der Waals surface area contributed by atoms with E-state index in [0.717, 1.165) is 12.1 Å². The topological polar surface area (TPSA) is 272 Å². The molecule has 0 aliphatic heterocycles. The van der Waals surface area contributed by atoms with E-state index in [4.69, 9.17) is 14.2 Å². The van der Waals surface area contributed by atoms with Crippen molar-refractivity contribution in [1.29, 1.82) is 0 Å². The quantitative estimate of drug-likeness (QED) is 0.0294. The molecule has 16 heteroatoms. The molecule has 0 amide bonds. The maximum Gasteiger partial charge on any atom is 0.303 e. The fourth-order valence-corrected chi connectivity index (χ4v) is 14.2. The van der Waals surface area contributed by atoms with Crippen LogP contribution in [0.1, 0.15) is 66.0 Å². The summed E-state index contributed by atoms with van der Waals surface area (Å²) in [5, 5.41) is 81.0. The second kappa shape index (κ2) is 14.7. The number of esters is 3. The normalized spacial score (nSPS) is 26.4. The first-order chi connectivity index (χ1) is 33.7. The molecule has 4 aliphatic rings. The van der Waals surface area contributed by atoms with E-state index in [0.29, 0.717) is 61.0 Å². The fourth-order valence-electron chi connectivity index (χ4n) is 14.2. The van der Waals surface area contributed by atoms with Gasteiger partial charge in [0.25, 0.3) is 0 Å². The van der Waals surface area contributed by atoms with Crippen molar-refractivity contribution < 1.29 is 69.1 Å². The summed E-state index contributed by atoms with van der Waals surface area (Å²) >= 11 is 0. The molecule has 4 aliphatic carbocycles. The van der Waals surface area contributed by atoms with Gasteiger partial charge in [0.05, 0.1) is 27.0 Å². The number of phenols is 6. The summed E-state index contributed by atoms with van der Waals surface area (Å²) in [4.78, 5) is 78.3. The van der Waals surface area contributed by atoms with Crippen molar-refractivity contribution in [2.45, 2.75) is 86.5 Å². The summed E-state index contributed by atoms with van der Waals surface area (Å²) in [5.74, 6) is -5.12. The smallest absolute Gasteiger partial charge is 0.303 e. The lowest BCUT2D eigenvalue weighted by molar-refractivity contribution is -0.211. The molecule has 2 bridgehead atoms. The van der Waals surface area contributed by atoms with Crippen molar-refractivity contribution in [2.24, 2.45) is 34.5 Å². The summed E-state index contributed by atoms with van der Waals surface area (Å²) in [6.07, 6.45) is 1.60. The van der Waals surface area contributed by atoms with Gasteiger partial charge in [0.15, 0.2) is 23.6 Å². The SMILES string of the molecule is CC(=O)OCC1=C[C@@H]2C(=O)[C@]3(C=C(C)[C@H](OC(C)=O)[C@@]3(O)[C@@H]1OC(C)=O)[C@H](C)C[C@@H]1[C@H]2C1(C)C.Cc1cc(O)c2c(=O)c3c(O)cc(O)c4c5c(O)cc(O)c6c(=O)c7c(O)cc(C)c8c1c2c(c34)c(c78)c65. The van der Waals surface area contributed by atoms with Crippen LogP contribution < -0.4 is 10.9 Å². The van der Waals surface area contributed by atoms with Crippen LogP contribution in [0.5, 0.6) is 34.5 Å². The minimum Gasteiger partial charge on any atom is -0.507 e. The molecule has 8 aromatic carbocycles. The summed E-state index contributed by atoms with van der Waals surface area (Å²) in [6.45, 7) is 14.9. The number of ether oxygens (including phenoxy) is 3. The number of phenolic OH excluding ortho intramolecular Hbond substituents is 6. The van der Waals surface area contributed by atoms with E-state index in [1.54, 1.807) is 32.9 Å². The number of Topliss-reactive ketones (excluding diaryl/α,β-unsaturated/α-hetero) is 1. The maximum atomic E-state index is 14.4. The zero-order chi connectivity index (χ0) is 52.1. The van der Waals surface area contributed by atoms with Crippen LogP contribution in [0.25, 0.3) is 75.4 Å². The first-order valence-electron chi connectivity index (χ1n) is 23.6. The van der Waals surface area contributed by atoms with Gasteiger partial charge in [-0.3, -0.25) is 28.8 Å². The first-order valence-corrected chi connectivity index (χ1v) is 23.6. The lowest BCUT2D eigenvalue weighted by Crippen LogP contribution is -2.66. The van der Waals surface area contributed by atoms with Gasteiger partial charge in [0.2, 0.25) is 10.9 Å². The highest BCUT2D eigenvalue weighted by Crippen LogP contribution is 2.72. The Hall–Kier alpha value is -7.72. The fraction of sp³-hybridized carbons (Fsp3) is 0.357. The summed E-state index contributed by atoms with van der Waals surface area (Å²) in [5.41, 5.74) is -2.88. The molecule has 370 valence electrons. The lowest BCUT2D eigenvalue weighted by Gasteiger charge is -2.49. The number of carbonyl (C=O) groups excluding carboxylic acids is 4. The van der Waals surface area contributed by atoms with Gasteiger partial charge in [0, 0.05) is 87.5 Å². The molecule has 12 rings (SSSR count). The van der Waals surface area contributed by atoms with E-state index in [1.165, 1.54) is 32.9 Å². The summed E-state index contributed by atoms with van der Waals surface area (Å²) in [6, 6.07) is 4.86. The highest BCUT2D eigenvalue weighted by atomic mass is 16.6. The van der Waals surface area contributed by atoms with Crippen LogP contribution in [0.15, 0.2) is 57.2 Å². The van der Waals surface area contributed by atoms with Gasteiger partial charge < -0.3 is 50.0 Å². The number of aromatic hydroxyl groups is 6. The molecule has 1 spiro atoms. The Balaban J connectivity index is 0.000000157. The number of allylic oxidation sites excluding steroid dienone is 1. The molecule has 8 aromatic rings. The van der Waals surface area contributed by atoms with E-state index >= 15 is 0 Å². The second-order valence-corrected chi connectivity index (χ2v) is 21.2. The predicted octanol–water partition coefficient (Wildman–Crippen LogP) is 7.61. The highest BCUT2D eigenvalue weighted by Gasteiger charge is 2.77. The van der Waals surface area contributed by atoms with E-state index in [-0.39, 0.29) is 90.1 Å². The number of carbonyl (C=O) groups is 4. The van der Waals surface area contributed by atoms with Gasteiger partial charge >= 0.3 is 17.9 Å². The van der Waals surface area contributed by atoms with Crippen molar-refractivity contribution in [3.63, 3.8) is 0 Å². The Morgan fingerprint density at radius 3 is 1.43 bits per heavy atom. The average molecular weight is 979 g/mol. The van der Waals surface area contributed by atoms with Crippen molar-refractivity contribution in [2.75, 3.05) is 6.61 Å². The van der Waals surface area contributed by atoms with Crippen molar-refractivity contribution in [3.05, 3.63) is 79.1 Å². The largest absolute Gasteiger partial charge is 0.507 e.